The van der Waals surface area contributed by atoms with Crippen molar-refractivity contribution in [1.29, 1.82) is 0 Å². The van der Waals surface area contributed by atoms with Crippen molar-refractivity contribution in [2.24, 2.45) is 16.2 Å². The summed E-state index contributed by atoms with van der Waals surface area (Å²) in [6.07, 6.45) is 2.08. The van der Waals surface area contributed by atoms with E-state index >= 15 is 0 Å². The second kappa shape index (κ2) is 22.2. The largest absolute Gasteiger partial charge is 0.464 e. The van der Waals surface area contributed by atoms with E-state index in [1.165, 1.54) is 20.8 Å². The van der Waals surface area contributed by atoms with Gasteiger partial charge < -0.3 is 33.2 Å². The molecule has 1 unspecified atom stereocenters. The van der Waals surface area contributed by atoms with Crippen LogP contribution < -0.4 is 11.0 Å². The van der Waals surface area contributed by atoms with Gasteiger partial charge in [0.15, 0.2) is 0 Å². The van der Waals surface area contributed by atoms with Gasteiger partial charge in [0.2, 0.25) is 0 Å². The van der Waals surface area contributed by atoms with Crippen molar-refractivity contribution < 1.29 is 66.7 Å². The van der Waals surface area contributed by atoms with Crippen molar-refractivity contribution in [3.63, 3.8) is 0 Å². The Bertz CT molecular complexity index is 1090. The molecular weight excluding hydrogens is 674 g/mol. The van der Waals surface area contributed by atoms with Crippen LogP contribution in [-0.2, 0) is 66.7 Å². The summed E-state index contributed by atoms with van der Waals surface area (Å²) >= 11 is 0. The molecule has 0 aliphatic carbocycles. The second-order valence-corrected chi connectivity index (χ2v) is 13.2. The molecule has 1 rings (SSSR count). The first kappa shape index (κ1) is 45.2. The van der Waals surface area contributed by atoms with Gasteiger partial charge >= 0.3 is 41.8 Å². The summed E-state index contributed by atoms with van der Waals surface area (Å²) in [5.74, 6) is -5.19. The Morgan fingerprint density at radius 3 is 1.22 bits per heavy atom. The number of rotatable bonds is 24. The van der Waals surface area contributed by atoms with Gasteiger partial charge in [-0.05, 0) is 27.2 Å². The fourth-order valence-corrected chi connectivity index (χ4v) is 4.12. The number of unbranched alkanes of at least 4 members (excludes halogenated alkanes) is 1. The minimum atomic E-state index is -1.79. The van der Waals surface area contributed by atoms with Crippen LogP contribution in [0.5, 0.6) is 0 Å². The smallest absolute Gasteiger partial charge is 0.318 e. The van der Waals surface area contributed by atoms with Gasteiger partial charge in [-0.15, -0.1) is 0 Å². The third-order valence-electron chi connectivity index (χ3n) is 7.95. The Labute approximate surface area is 300 Å². The topological polar surface area (TPSA) is 211 Å². The van der Waals surface area contributed by atoms with E-state index < -0.39 is 97.7 Å². The quantitative estimate of drug-likeness (QED) is 0.107. The summed E-state index contributed by atoms with van der Waals surface area (Å²) in [4.78, 5) is 88.3. The maximum absolute atomic E-state index is 13.7. The minimum absolute atomic E-state index is 0.0328. The Hall–Kier alpha value is -3.83. The summed E-state index contributed by atoms with van der Waals surface area (Å²) in [6.45, 7) is 10.4. The Morgan fingerprint density at radius 2 is 0.882 bits per heavy atom. The summed E-state index contributed by atoms with van der Waals surface area (Å²) in [6, 6.07) is -0.283. The number of carbonyl (C=O) groups excluding carboxylic acids is 7. The molecule has 292 valence electrons. The molecule has 1 saturated heterocycles. The number of esters is 7. The zero-order valence-electron chi connectivity index (χ0n) is 31.3. The summed E-state index contributed by atoms with van der Waals surface area (Å²) in [5, 5.41) is 1.94. The van der Waals surface area contributed by atoms with Crippen LogP contribution >= 0.6 is 0 Å². The van der Waals surface area contributed by atoms with E-state index in [1.807, 2.05) is 5.01 Å². The molecule has 17 heteroatoms. The van der Waals surface area contributed by atoms with Crippen LogP contribution in [0.4, 0.5) is 0 Å². The lowest BCUT2D eigenvalue weighted by Crippen LogP contribution is -2.47. The van der Waals surface area contributed by atoms with Gasteiger partial charge in [-0.2, -0.15) is 5.53 Å². The maximum Gasteiger partial charge on any atom is 0.318 e. The van der Waals surface area contributed by atoms with E-state index in [1.54, 1.807) is 27.7 Å². The van der Waals surface area contributed by atoms with Gasteiger partial charge in [0.1, 0.15) is 62.5 Å². The van der Waals surface area contributed by atoms with Gasteiger partial charge in [0.05, 0.1) is 6.04 Å². The number of hydrogen-bond donors (Lipinski definition) is 2. The maximum atomic E-state index is 13.7. The molecule has 0 aromatic heterocycles. The van der Waals surface area contributed by atoms with Crippen molar-refractivity contribution in [2.45, 2.75) is 100.0 Å². The van der Waals surface area contributed by atoms with Crippen molar-refractivity contribution in [3.8, 4) is 0 Å². The highest BCUT2D eigenvalue weighted by Gasteiger charge is 2.45. The Balaban J connectivity index is 3.26. The zero-order valence-corrected chi connectivity index (χ0v) is 31.3. The first-order valence-corrected chi connectivity index (χ1v) is 17.4. The standard InChI is InChI=1S/C34H57N3O14/c1-9-14-15-37-16-24(35-36-37)17-45-29(42)34(8,22-50-30(43)32(6,18-46-25(38)10-2)19-47-26(39)11-3)23-51-31(44)33(7,20-48-27(40)12-4)21-49-28(41)13-5/h24,35-36H,9-23H2,1-8H3. The van der Waals surface area contributed by atoms with Crippen molar-refractivity contribution in [2.75, 3.05) is 59.3 Å². The monoisotopic (exact) mass is 731 g/mol. The van der Waals surface area contributed by atoms with E-state index in [0.717, 1.165) is 19.4 Å². The van der Waals surface area contributed by atoms with Crippen molar-refractivity contribution in [1.82, 2.24) is 16.0 Å². The van der Waals surface area contributed by atoms with Crippen LogP contribution in [0, 0.1) is 16.2 Å². The first-order chi connectivity index (χ1) is 24.0. The van der Waals surface area contributed by atoms with E-state index in [0.29, 0.717) is 6.54 Å². The predicted octanol–water partition coefficient (Wildman–Crippen LogP) is 1.94. The molecule has 2 N–H and O–H groups in total. The fraction of sp³-hybridized carbons (Fsp3) is 0.794. The lowest BCUT2D eigenvalue weighted by atomic mass is 9.90. The number of hydrogen-bond acceptors (Lipinski definition) is 17. The molecule has 0 aromatic rings. The number of hydrazine groups is 2. The summed E-state index contributed by atoms with van der Waals surface area (Å²) in [7, 11) is 0. The summed E-state index contributed by atoms with van der Waals surface area (Å²) < 4.78 is 37.5. The lowest BCUT2D eigenvalue weighted by molar-refractivity contribution is -0.182. The SMILES string of the molecule is CCCCN1CC(COC(=O)C(C)(COC(=O)C(C)(COC(=O)CC)COC(=O)CC)COC(=O)C(C)(COC(=O)CC)COC(=O)CC)NN1. The molecule has 17 nitrogen and oxygen atoms in total. The highest BCUT2D eigenvalue weighted by molar-refractivity contribution is 5.82. The van der Waals surface area contributed by atoms with Gasteiger partial charge in [0, 0.05) is 38.8 Å². The molecule has 51 heavy (non-hydrogen) atoms. The molecule has 1 heterocycles. The second-order valence-electron chi connectivity index (χ2n) is 13.2. The minimum Gasteiger partial charge on any atom is -0.464 e. The third kappa shape index (κ3) is 15.5. The van der Waals surface area contributed by atoms with Crippen LogP contribution in [0.25, 0.3) is 0 Å². The van der Waals surface area contributed by atoms with E-state index in [9.17, 15) is 33.6 Å². The molecule has 0 bridgehead atoms. The van der Waals surface area contributed by atoms with Crippen molar-refractivity contribution >= 4 is 41.8 Å². The molecule has 1 atom stereocenters. The Kier molecular flexibility index (Phi) is 19.7. The van der Waals surface area contributed by atoms with Gasteiger partial charge in [-0.1, -0.05) is 41.0 Å². The van der Waals surface area contributed by atoms with E-state index in [-0.39, 0.29) is 38.3 Å². The average molecular weight is 732 g/mol. The van der Waals surface area contributed by atoms with Crippen molar-refractivity contribution in [3.05, 3.63) is 0 Å². The summed E-state index contributed by atoms with van der Waals surface area (Å²) in [5.41, 5.74) is 0.971. The molecule has 0 radical (unpaired) electrons. The highest BCUT2D eigenvalue weighted by Crippen LogP contribution is 2.28. The molecule has 1 aliphatic rings. The number of carbonyl (C=O) groups is 7. The van der Waals surface area contributed by atoms with Crippen LogP contribution in [0.15, 0.2) is 0 Å². The van der Waals surface area contributed by atoms with E-state index in [4.69, 9.17) is 33.2 Å². The first-order valence-electron chi connectivity index (χ1n) is 17.4. The Morgan fingerprint density at radius 1 is 0.549 bits per heavy atom. The predicted molar refractivity (Wildman–Crippen MR) is 179 cm³/mol. The molecule has 1 fully saturated rings. The highest BCUT2D eigenvalue weighted by atomic mass is 16.6. The lowest BCUT2D eigenvalue weighted by Gasteiger charge is -2.32. The number of nitrogens with zero attached hydrogens (tertiary/aromatic N) is 1. The number of ether oxygens (including phenoxy) is 7. The van der Waals surface area contributed by atoms with Gasteiger partial charge in [-0.25, -0.2) is 10.4 Å². The molecular formula is C34H57N3O14. The molecule has 1 aliphatic heterocycles. The molecule has 0 spiro atoms. The van der Waals surface area contributed by atoms with E-state index in [2.05, 4.69) is 17.9 Å². The van der Waals surface area contributed by atoms with Gasteiger partial charge in [-0.3, -0.25) is 33.6 Å². The van der Waals surface area contributed by atoms with Gasteiger partial charge in [0.25, 0.3) is 0 Å². The average Bonchev–Trinajstić information content (AvgIpc) is 3.60. The fourth-order valence-electron chi connectivity index (χ4n) is 4.12. The normalized spacial score (nSPS) is 15.0. The molecule has 0 amide bonds. The molecule has 0 saturated carbocycles. The van der Waals surface area contributed by atoms with Crippen LogP contribution in [0.1, 0.15) is 93.9 Å². The third-order valence-corrected chi connectivity index (χ3v) is 7.95. The number of nitrogens with one attached hydrogen (secondary N) is 2. The zero-order chi connectivity index (χ0) is 38.7. The van der Waals surface area contributed by atoms with Crippen LogP contribution in [-0.4, -0.2) is 112 Å². The van der Waals surface area contributed by atoms with Crippen LogP contribution in [0.3, 0.4) is 0 Å². The van der Waals surface area contributed by atoms with Crippen LogP contribution in [0.2, 0.25) is 0 Å². The molecule has 0 aromatic carbocycles.